The molecule has 11 heavy (non-hydrogen) atoms. The second-order valence-electron chi connectivity index (χ2n) is 2.02. The number of hydrogen-bond acceptors (Lipinski definition) is 2. The van der Waals surface area contributed by atoms with E-state index in [1.54, 1.807) is 19.1 Å². The zero-order chi connectivity index (χ0) is 9.07. The summed E-state index contributed by atoms with van der Waals surface area (Å²) in [6.45, 7) is 2.29. The van der Waals surface area contributed by atoms with Gasteiger partial charge in [0, 0.05) is 13.6 Å². The van der Waals surface area contributed by atoms with Crippen molar-refractivity contribution in [2.45, 2.75) is 6.92 Å². The maximum atomic E-state index is 10.3. The van der Waals surface area contributed by atoms with Gasteiger partial charge in [-0.25, -0.2) is 4.57 Å². The largest absolute Gasteiger partial charge is 0.429 e. The molecule has 0 radical (unpaired) electrons. The minimum atomic E-state index is -4.31. The summed E-state index contributed by atoms with van der Waals surface area (Å²) in [5.74, 6) is -0.277. The van der Waals surface area contributed by atoms with Gasteiger partial charge in [0.05, 0.1) is 0 Å². The van der Waals surface area contributed by atoms with Crippen LogP contribution in [0.15, 0.2) is 0 Å². The smallest absolute Gasteiger partial charge is 0.346 e. The summed E-state index contributed by atoms with van der Waals surface area (Å²) in [4.78, 5) is 18.1. The Labute approximate surface area is 64.9 Å². The molecule has 0 aliphatic rings. The van der Waals surface area contributed by atoms with E-state index in [4.69, 9.17) is 15.2 Å². The lowest BCUT2D eigenvalue weighted by atomic mass is 10.6. The van der Waals surface area contributed by atoms with Crippen molar-refractivity contribution in [2.75, 3.05) is 13.6 Å². The minimum Gasteiger partial charge on any atom is -0.346 e. The predicted molar refractivity (Wildman–Crippen MR) is 41.2 cm³/mol. The van der Waals surface area contributed by atoms with Gasteiger partial charge in [-0.05, 0) is 6.92 Å². The molecule has 0 aromatic heterocycles. The van der Waals surface area contributed by atoms with Gasteiger partial charge in [0.15, 0.2) is 5.96 Å². The van der Waals surface area contributed by atoms with Gasteiger partial charge in [-0.3, -0.25) is 10.5 Å². The van der Waals surface area contributed by atoms with Gasteiger partial charge in [-0.15, -0.1) is 0 Å². The Morgan fingerprint density at radius 3 is 2.45 bits per heavy atom. The minimum absolute atomic E-state index is 0.277. The van der Waals surface area contributed by atoms with Crippen LogP contribution in [0.25, 0.3) is 0 Å². The van der Waals surface area contributed by atoms with E-state index in [9.17, 15) is 4.57 Å². The van der Waals surface area contributed by atoms with Gasteiger partial charge < -0.3 is 14.7 Å². The molecule has 0 unspecified atom stereocenters. The standard InChI is InChI=1S/C4H12N3O3P/c1-3-7(2)4(5)6-11(8,9)10/h3H2,1-2H3,(H4,5,6,8,9,10). The lowest BCUT2D eigenvalue weighted by Crippen LogP contribution is -2.35. The van der Waals surface area contributed by atoms with Gasteiger partial charge in [0.1, 0.15) is 0 Å². The van der Waals surface area contributed by atoms with E-state index in [1.165, 1.54) is 4.90 Å². The summed E-state index contributed by atoms with van der Waals surface area (Å²) < 4.78 is 10.3. The molecule has 0 rings (SSSR count). The highest BCUT2D eigenvalue weighted by atomic mass is 31.2. The Balaban J connectivity index is 3.99. The zero-order valence-corrected chi connectivity index (χ0v) is 7.30. The topological polar surface area (TPSA) is 96.7 Å². The molecular formula is C4H12N3O3P. The third-order valence-corrected chi connectivity index (χ3v) is 1.61. The van der Waals surface area contributed by atoms with Crippen molar-refractivity contribution < 1.29 is 14.4 Å². The van der Waals surface area contributed by atoms with Crippen molar-refractivity contribution in [1.29, 1.82) is 5.41 Å². The summed E-state index contributed by atoms with van der Waals surface area (Å²) in [6.07, 6.45) is 0. The van der Waals surface area contributed by atoms with E-state index >= 15 is 0 Å². The Bertz CT molecular complexity index is 189. The van der Waals surface area contributed by atoms with Crippen LogP contribution in [-0.4, -0.2) is 34.2 Å². The molecule has 0 saturated carbocycles. The van der Waals surface area contributed by atoms with Crippen molar-refractivity contribution in [3.8, 4) is 0 Å². The fourth-order valence-corrected chi connectivity index (χ4v) is 0.828. The van der Waals surface area contributed by atoms with E-state index in [-0.39, 0.29) is 5.96 Å². The molecule has 0 amide bonds. The second-order valence-corrected chi connectivity index (χ2v) is 3.33. The number of hydrogen-bond donors (Lipinski definition) is 4. The normalized spacial score (nSPS) is 10.9. The molecule has 0 aliphatic carbocycles. The first kappa shape index (κ1) is 10.4. The van der Waals surface area contributed by atoms with E-state index in [0.29, 0.717) is 6.54 Å². The first-order valence-electron chi connectivity index (χ1n) is 3.00. The number of nitrogens with zero attached hydrogens (tertiary/aromatic N) is 1. The molecule has 0 spiro atoms. The Hall–Kier alpha value is -0.580. The van der Waals surface area contributed by atoms with Crippen molar-refractivity contribution in [3.63, 3.8) is 0 Å². The fourth-order valence-electron chi connectivity index (χ4n) is 0.381. The predicted octanol–water partition coefficient (Wildman–Crippen LogP) is -0.445. The van der Waals surface area contributed by atoms with Crippen LogP contribution >= 0.6 is 7.75 Å². The molecule has 0 bridgehead atoms. The third-order valence-electron chi connectivity index (χ3n) is 1.11. The summed E-state index contributed by atoms with van der Waals surface area (Å²) in [7, 11) is -2.74. The SMILES string of the molecule is CCN(C)C(=N)NP(=O)(O)O. The molecular weight excluding hydrogens is 169 g/mol. The van der Waals surface area contributed by atoms with Crippen LogP contribution in [0.4, 0.5) is 0 Å². The van der Waals surface area contributed by atoms with E-state index in [1.807, 2.05) is 0 Å². The molecule has 7 heteroatoms. The van der Waals surface area contributed by atoms with Crippen LogP contribution in [0.2, 0.25) is 0 Å². The molecule has 0 saturated heterocycles. The molecule has 66 valence electrons. The molecule has 6 nitrogen and oxygen atoms in total. The first-order valence-corrected chi connectivity index (χ1v) is 4.61. The highest BCUT2D eigenvalue weighted by molar-refractivity contribution is 7.50. The highest BCUT2D eigenvalue weighted by Crippen LogP contribution is 2.27. The number of nitrogens with one attached hydrogen (secondary N) is 2. The summed E-state index contributed by atoms with van der Waals surface area (Å²) in [5, 5.41) is 8.82. The maximum Gasteiger partial charge on any atom is 0.429 e. The van der Waals surface area contributed by atoms with E-state index in [2.05, 4.69) is 0 Å². The van der Waals surface area contributed by atoms with Gasteiger partial charge in [0.2, 0.25) is 0 Å². The fraction of sp³-hybridized carbons (Fsp3) is 0.750. The van der Waals surface area contributed by atoms with Crippen LogP contribution in [0, 0.1) is 5.41 Å². The lowest BCUT2D eigenvalue weighted by Gasteiger charge is -2.18. The molecule has 0 fully saturated rings. The van der Waals surface area contributed by atoms with Gasteiger partial charge >= 0.3 is 7.75 Å². The van der Waals surface area contributed by atoms with Gasteiger partial charge in [-0.1, -0.05) is 0 Å². The summed E-state index contributed by atoms with van der Waals surface area (Å²) in [5.41, 5.74) is 0. The quantitative estimate of drug-likeness (QED) is 0.263. The number of rotatable bonds is 2. The van der Waals surface area contributed by atoms with Crippen LogP contribution in [-0.2, 0) is 4.57 Å². The van der Waals surface area contributed by atoms with Crippen LogP contribution < -0.4 is 5.09 Å². The number of guanidine groups is 1. The van der Waals surface area contributed by atoms with Crippen LogP contribution in [0.3, 0.4) is 0 Å². The highest BCUT2D eigenvalue weighted by Gasteiger charge is 2.15. The summed E-state index contributed by atoms with van der Waals surface area (Å²) >= 11 is 0. The summed E-state index contributed by atoms with van der Waals surface area (Å²) in [6, 6.07) is 0. The van der Waals surface area contributed by atoms with Crippen LogP contribution in [0.1, 0.15) is 6.92 Å². The second kappa shape index (κ2) is 3.71. The molecule has 0 aliphatic heterocycles. The zero-order valence-electron chi connectivity index (χ0n) is 6.40. The van der Waals surface area contributed by atoms with Crippen molar-refractivity contribution in [1.82, 2.24) is 9.99 Å². The molecule has 0 aromatic carbocycles. The monoisotopic (exact) mass is 181 g/mol. The molecule has 4 N–H and O–H groups in total. The van der Waals surface area contributed by atoms with Crippen molar-refractivity contribution in [2.24, 2.45) is 0 Å². The van der Waals surface area contributed by atoms with Gasteiger partial charge in [0.25, 0.3) is 0 Å². The Morgan fingerprint density at radius 2 is 2.18 bits per heavy atom. The van der Waals surface area contributed by atoms with Crippen LogP contribution in [0.5, 0.6) is 0 Å². The average Bonchev–Trinajstić information content (AvgIpc) is 1.82. The Kier molecular flexibility index (Phi) is 3.51. The van der Waals surface area contributed by atoms with Crippen molar-refractivity contribution >= 4 is 13.7 Å². The lowest BCUT2D eigenvalue weighted by molar-refractivity contribution is 0.363. The maximum absolute atomic E-state index is 10.3. The third kappa shape index (κ3) is 4.78. The van der Waals surface area contributed by atoms with Crippen molar-refractivity contribution in [3.05, 3.63) is 0 Å². The first-order chi connectivity index (χ1) is 4.87. The van der Waals surface area contributed by atoms with E-state index in [0.717, 1.165) is 0 Å². The molecule has 0 atom stereocenters. The molecule has 0 heterocycles. The van der Waals surface area contributed by atoms with E-state index < -0.39 is 7.75 Å². The average molecular weight is 181 g/mol. The Morgan fingerprint density at radius 1 is 1.73 bits per heavy atom. The molecule has 0 aromatic rings. The van der Waals surface area contributed by atoms with Gasteiger partial charge in [-0.2, -0.15) is 0 Å².